The minimum atomic E-state index is -0.117. The molecule has 0 spiro atoms. The fraction of sp³-hybridized carbons (Fsp3) is 0.267. The molecule has 1 aliphatic rings. The summed E-state index contributed by atoms with van der Waals surface area (Å²) in [5.74, 6) is 0.621. The third-order valence-corrected chi connectivity index (χ3v) is 6.91. The maximum Gasteiger partial charge on any atom is 0.252 e. The van der Waals surface area contributed by atoms with Crippen LogP contribution in [0.2, 0.25) is 0 Å². The molecule has 0 N–H and O–H groups in total. The van der Waals surface area contributed by atoms with Gasteiger partial charge in [-0.1, -0.05) is 36.4 Å². The third-order valence-electron chi connectivity index (χ3n) is 6.91. The number of hydrogen-bond acceptors (Lipinski definition) is 5. The summed E-state index contributed by atoms with van der Waals surface area (Å²) in [6.07, 6.45) is 2.68. The number of likely N-dealkylation sites (N-methyl/N-ethyl adjacent to an activating group) is 1. The zero-order valence-corrected chi connectivity index (χ0v) is 21.3. The van der Waals surface area contributed by atoms with Crippen LogP contribution in [0.15, 0.2) is 71.5 Å². The van der Waals surface area contributed by atoms with Crippen LogP contribution in [0.25, 0.3) is 22.2 Å². The van der Waals surface area contributed by atoms with Gasteiger partial charge in [0, 0.05) is 39.4 Å². The largest absolute Gasteiger partial charge is 0.349 e. The Labute approximate surface area is 216 Å². The summed E-state index contributed by atoms with van der Waals surface area (Å²) in [4.78, 5) is 33.3. The second-order valence-electron chi connectivity index (χ2n) is 9.87. The highest BCUT2D eigenvalue weighted by Crippen LogP contribution is 2.38. The number of fused-ring (bicyclic) bond motifs is 1. The number of nitriles is 1. The summed E-state index contributed by atoms with van der Waals surface area (Å²) in [6.45, 7) is 0.774. The highest BCUT2D eigenvalue weighted by molar-refractivity contribution is 5.91. The van der Waals surface area contributed by atoms with Crippen LogP contribution in [-0.4, -0.2) is 41.0 Å². The molecule has 186 valence electrons. The van der Waals surface area contributed by atoms with Gasteiger partial charge in [0.25, 0.3) is 5.56 Å². The van der Waals surface area contributed by atoms with Crippen molar-refractivity contribution in [1.29, 1.82) is 5.26 Å². The molecule has 37 heavy (non-hydrogen) atoms. The van der Waals surface area contributed by atoms with Gasteiger partial charge in [-0.15, -0.1) is 0 Å². The molecule has 0 unspecified atom stereocenters. The molecule has 7 nitrogen and oxygen atoms in total. The molecule has 2 aromatic carbocycles. The van der Waals surface area contributed by atoms with Gasteiger partial charge >= 0.3 is 0 Å². The summed E-state index contributed by atoms with van der Waals surface area (Å²) in [5, 5.41) is 9.46. The van der Waals surface area contributed by atoms with Gasteiger partial charge in [0.1, 0.15) is 17.3 Å². The van der Waals surface area contributed by atoms with E-state index < -0.39 is 0 Å². The van der Waals surface area contributed by atoms with Gasteiger partial charge in [0.15, 0.2) is 0 Å². The van der Waals surface area contributed by atoms with E-state index in [4.69, 9.17) is 0 Å². The summed E-state index contributed by atoms with van der Waals surface area (Å²) in [7, 11) is 5.25. The predicted molar refractivity (Wildman–Crippen MR) is 146 cm³/mol. The molecule has 2 aromatic heterocycles. The van der Waals surface area contributed by atoms with Gasteiger partial charge in [-0.25, -0.2) is 4.98 Å². The Bertz CT molecular complexity index is 1580. The van der Waals surface area contributed by atoms with E-state index in [0.717, 1.165) is 47.5 Å². The number of rotatable bonds is 7. The zero-order valence-electron chi connectivity index (χ0n) is 21.3. The van der Waals surface area contributed by atoms with Crippen molar-refractivity contribution in [2.75, 3.05) is 25.5 Å². The van der Waals surface area contributed by atoms with Crippen LogP contribution in [0.5, 0.6) is 0 Å². The monoisotopic (exact) mass is 491 g/mol. The lowest BCUT2D eigenvalue weighted by molar-refractivity contribution is -0.127. The van der Waals surface area contributed by atoms with Crippen molar-refractivity contribution in [3.05, 3.63) is 88.3 Å². The predicted octanol–water partition coefficient (Wildman–Crippen LogP) is 4.65. The van der Waals surface area contributed by atoms with Crippen molar-refractivity contribution in [3.8, 4) is 17.2 Å². The molecule has 0 aliphatic heterocycles. The summed E-state index contributed by atoms with van der Waals surface area (Å²) >= 11 is 0. The van der Waals surface area contributed by atoms with E-state index in [2.05, 4.69) is 28.1 Å². The van der Waals surface area contributed by atoms with E-state index in [1.54, 1.807) is 48.8 Å². The number of carbonyl (C=O) groups excluding carboxylic acids is 1. The van der Waals surface area contributed by atoms with Crippen molar-refractivity contribution < 1.29 is 4.79 Å². The fourth-order valence-corrected chi connectivity index (χ4v) is 4.48. The minimum Gasteiger partial charge on any atom is -0.349 e. The number of aromatic nitrogens is 2. The number of carbonyl (C=O) groups is 1. The Morgan fingerprint density at radius 1 is 1.05 bits per heavy atom. The number of hydrogen-bond donors (Lipinski definition) is 0. The fourth-order valence-electron chi connectivity index (χ4n) is 4.48. The number of pyridine rings is 2. The maximum absolute atomic E-state index is 12.9. The molecule has 1 aliphatic carbocycles. The molecule has 5 rings (SSSR count). The first kappa shape index (κ1) is 24.3. The number of benzene rings is 2. The van der Waals surface area contributed by atoms with Crippen molar-refractivity contribution in [1.82, 2.24) is 14.5 Å². The average Bonchev–Trinajstić information content (AvgIpc) is 3.74. The minimum absolute atomic E-state index is 0.0693. The van der Waals surface area contributed by atoms with Crippen molar-refractivity contribution >= 4 is 28.3 Å². The van der Waals surface area contributed by atoms with E-state index in [0.29, 0.717) is 29.1 Å². The van der Waals surface area contributed by atoms with Crippen LogP contribution in [0.4, 0.5) is 11.4 Å². The standard InChI is InChI=1S/C30H29N5O2/c1-33(2)28(36)15-20-9-11-22(12-10-20)23-5-4-6-25(16-23)35(19-21-7-8-21)27-17-29(37)34(3)26-14-13-24(18-31)32-30(26)27/h4-6,9-14,16-17,21H,7-8,15,19H2,1-3H3. The Kier molecular flexibility index (Phi) is 6.49. The summed E-state index contributed by atoms with van der Waals surface area (Å²) < 4.78 is 1.57. The second-order valence-corrected chi connectivity index (χ2v) is 9.87. The lowest BCUT2D eigenvalue weighted by Crippen LogP contribution is -2.25. The summed E-state index contributed by atoms with van der Waals surface area (Å²) in [5.41, 5.74) is 6.29. The van der Waals surface area contributed by atoms with Crippen molar-refractivity contribution in [3.63, 3.8) is 0 Å². The lowest BCUT2D eigenvalue weighted by Gasteiger charge is -2.27. The quantitative estimate of drug-likeness (QED) is 0.376. The molecular weight excluding hydrogens is 462 g/mol. The van der Waals surface area contributed by atoms with Crippen molar-refractivity contribution in [2.24, 2.45) is 13.0 Å². The summed E-state index contributed by atoms with van der Waals surface area (Å²) in [6, 6.07) is 23.5. The third kappa shape index (κ3) is 5.10. The number of nitrogens with zero attached hydrogens (tertiary/aromatic N) is 5. The highest BCUT2D eigenvalue weighted by Gasteiger charge is 2.27. The van der Waals surface area contributed by atoms with Crippen LogP contribution in [0, 0.1) is 17.2 Å². The van der Waals surface area contributed by atoms with Gasteiger partial charge in [-0.3, -0.25) is 9.59 Å². The number of amides is 1. The van der Waals surface area contributed by atoms with E-state index >= 15 is 0 Å². The zero-order chi connectivity index (χ0) is 26.1. The first-order valence-corrected chi connectivity index (χ1v) is 12.4. The Morgan fingerprint density at radius 2 is 1.81 bits per heavy atom. The highest BCUT2D eigenvalue weighted by atomic mass is 16.2. The molecule has 2 heterocycles. The molecule has 0 bridgehead atoms. The molecule has 4 aromatic rings. The maximum atomic E-state index is 12.9. The first-order chi connectivity index (χ1) is 17.8. The average molecular weight is 492 g/mol. The topological polar surface area (TPSA) is 82.2 Å². The van der Waals surface area contributed by atoms with Crippen LogP contribution < -0.4 is 10.5 Å². The molecular formula is C30H29N5O2. The smallest absolute Gasteiger partial charge is 0.252 e. The molecule has 7 heteroatoms. The first-order valence-electron chi connectivity index (χ1n) is 12.4. The Morgan fingerprint density at radius 3 is 2.49 bits per heavy atom. The van der Waals surface area contributed by atoms with Gasteiger partial charge in [0.05, 0.1) is 17.6 Å². The molecule has 0 radical (unpaired) electrons. The Balaban J connectivity index is 1.56. The van der Waals surface area contributed by atoms with E-state index in [1.165, 1.54) is 0 Å². The molecule has 0 atom stereocenters. The van der Waals surface area contributed by atoms with Crippen molar-refractivity contribution in [2.45, 2.75) is 19.3 Å². The molecule has 1 amide bonds. The van der Waals surface area contributed by atoms with Crippen LogP contribution in [-0.2, 0) is 18.3 Å². The number of anilines is 2. The van der Waals surface area contributed by atoms with E-state index in [1.807, 2.05) is 36.4 Å². The van der Waals surface area contributed by atoms with Gasteiger partial charge < -0.3 is 14.4 Å². The van der Waals surface area contributed by atoms with E-state index in [-0.39, 0.29) is 11.5 Å². The van der Waals surface area contributed by atoms with Crippen LogP contribution in [0.1, 0.15) is 24.1 Å². The van der Waals surface area contributed by atoms with Crippen LogP contribution >= 0.6 is 0 Å². The molecule has 1 saturated carbocycles. The Hall–Kier alpha value is -4.44. The lowest BCUT2D eigenvalue weighted by atomic mass is 10.0. The molecule has 1 fully saturated rings. The van der Waals surface area contributed by atoms with Gasteiger partial charge in [-0.05, 0) is 59.7 Å². The van der Waals surface area contributed by atoms with Gasteiger partial charge in [-0.2, -0.15) is 5.26 Å². The van der Waals surface area contributed by atoms with E-state index in [9.17, 15) is 14.9 Å². The number of aryl methyl sites for hydroxylation is 1. The normalized spacial score (nSPS) is 12.8. The SMILES string of the molecule is CN(C)C(=O)Cc1ccc(-c2cccc(N(CC3CC3)c3cc(=O)n(C)c4ccc(C#N)nc34)c2)cc1. The van der Waals surface area contributed by atoms with Crippen LogP contribution in [0.3, 0.4) is 0 Å². The second kappa shape index (κ2) is 9.90. The van der Waals surface area contributed by atoms with Gasteiger partial charge in [0.2, 0.25) is 5.91 Å². The molecule has 0 saturated heterocycles.